The van der Waals surface area contributed by atoms with Gasteiger partial charge in [-0.2, -0.15) is 0 Å². The number of carbonyl (C=O) groups excluding carboxylic acids is 6. The molecule has 0 spiro atoms. The second-order valence-corrected chi connectivity index (χ2v) is 111. The van der Waals surface area contributed by atoms with E-state index in [0.29, 0.717) is 120 Å². The zero-order chi connectivity index (χ0) is 96.1. The van der Waals surface area contributed by atoms with Gasteiger partial charge in [0.15, 0.2) is 34.7 Å². The first-order chi connectivity index (χ1) is 60.1. The van der Waals surface area contributed by atoms with Gasteiger partial charge in [0.25, 0.3) is 0 Å². The number of aromatic amines is 3. The second kappa shape index (κ2) is 43.3. The van der Waals surface area contributed by atoms with E-state index in [0.717, 1.165) is 102 Å². The molecule has 5 aromatic carbocycles. The number of H-pyrrole nitrogens is 3. The van der Waals surface area contributed by atoms with E-state index in [9.17, 15) is 62.8 Å². The molecule has 0 radical (unpaired) electrons. The summed E-state index contributed by atoms with van der Waals surface area (Å²) >= 11 is 12.1. The van der Waals surface area contributed by atoms with Gasteiger partial charge in [0.05, 0.1) is 52.0 Å². The number of aliphatic hydroxyl groups is 2. The van der Waals surface area contributed by atoms with Crippen molar-refractivity contribution < 1.29 is 71.9 Å². The molecule has 4 aliphatic carbocycles. The minimum atomic E-state index is -2.47. The normalized spacial score (nSPS) is 19.0. The van der Waals surface area contributed by atoms with Crippen LogP contribution in [0, 0.1) is 74.1 Å². The van der Waals surface area contributed by atoms with Crippen LogP contribution in [0.2, 0.25) is 0 Å². The Morgan fingerprint density at radius 3 is 1.09 bits per heavy atom. The summed E-state index contributed by atoms with van der Waals surface area (Å²) in [7, 11) is 0. The van der Waals surface area contributed by atoms with Gasteiger partial charge in [-0.15, -0.1) is 0 Å². The molecule has 3 aliphatic heterocycles. The van der Waals surface area contributed by atoms with Crippen LogP contribution in [0.15, 0.2) is 174 Å². The topological polar surface area (TPSA) is 342 Å². The number of phenolic OH excluding ortho intramolecular Hbond substituents is 4. The number of aromatic nitrogens is 3. The van der Waals surface area contributed by atoms with Gasteiger partial charge < -0.3 is 45.6 Å². The maximum absolute atomic E-state index is 14.1. The van der Waals surface area contributed by atoms with Crippen LogP contribution in [0.5, 0.6) is 23.0 Å². The number of phenols is 4. The number of benzene rings is 5. The van der Waals surface area contributed by atoms with E-state index in [1.54, 1.807) is 65.8 Å². The summed E-state index contributed by atoms with van der Waals surface area (Å²) in [5, 5.41) is 74.1. The molecular formula is C100H115FI6N6O14V2. The third-order valence-corrected chi connectivity index (χ3v) is 25.1. The number of aliphatic imine (C=N–C) groups is 3. The number of Topliss-reactive ketones (excluding diaryl/α,β-unsaturated/α-hetero) is 2. The van der Waals surface area contributed by atoms with E-state index in [1.165, 1.54) is 24.3 Å². The fraction of sp³-hybridized carbons (Fsp3) is 0.390. The number of ketones is 6. The third kappa shape index (κ3) is 22.2. The number of aryl methyl sites for hydroxylation is 3. The molecule has 15 rings (SSSR count). The van der Waals surface area contributed by atoms with E-state index in [1.807, 2.05) is 164 Å². The van der Waals surface area contributed by atoms with Gasteiger partial charge >= 0.3 is 133 Å². The molecule has 8 aromatic rings. The molecule has 0 bridgehead atoms. The number of hydrogen-bond acceptors (Lipinski definition) is 17. The monoisotopic (exact) mass is 2510 g/mol. The summed E-state index contributed by atoms with van der Waals surface area (Å²) in [6.45, 7) is 40.9. The Morgan fingerprint density at radius 2 is 0.744 bits per heavy atom. The molecule has 7 aliphatic rings. The molecule has 3 aromatic heterocycles. The van der Waals surface area contributed by atoms with Crippen LogP contribution in [0.1, 0.15) is 226 Å². The molecule has 5 atom stereocenters. The molecule has 0 saturated carbocycles. The molecule has 20 nitrogen and oxygen atoms in total. The molecular weight excluding hydrogens is 2390 g/mol. The molecule has 29 heteroatoms. The van der Waals surface area contributed by atoms with Gasteiger partial charge in [-0.1, -0.05) is 127 Å². The third-order valence-electron chi connectivity index (χ3n) is 25.1. The number of halogens is 7. The van der Waals surface area contributed by atoms with Gasteiger partial charge in [0.1, 0.15) is 34.2 Å². The molecule has 129 heavy (non-hydrogen) atoms. The van der Waals surface area contributed by atoms with Crippen LogP contribution in [0.4, 0.5) is 3.41 Å². The Balaban J connectivity index is 0.000000206. The second-order valence-electron chi connectivity index (χ2n) is 35.6. The van der Waals surface area contributed by atoms with E-state index < -0.39 is 38.0 Å². The number of nitrogens with one attached hydrogen (secondary N) is 3. The summed E-state index contributed by atoms with van der Waals surface area (Å²) in [5.41, 5.74) is 17.2. The quantitative estimate of drug-likeness (QED) is 0.0262. The fourth-order valence-electron chi connectivity index (χ4n) is 18.3. The van der Waals surface area contributed by atoms with Crippen molar-refractivity contribution in [3.8, 4) is 23.0 Å². The van der Waals surface area contributed by atoms with Gasteiger partial charge in [-0.25, -0.2) is 0 Å². The Morgan fingerprint density at radius 1 is 0.442 bits per heavy atom. The van der Waals surface area contributed by atoms with Crippen LogP contribution >= 0.6 is 120 Å². The Labute approximate surface area is 829 Å². The number of hydrogen-bond donors (Lipinski definition) is 9. The van der Waals surface area contributed by atoms with Crippen molar-refractivity contribution in [3.05, 3.63) is 253 Å². The molecule has 5 unspecified atom stereocenters. The van der Waals surface area contributed by atoms with Crippen LogP contribution in [-0.4, -0.2) is 129 Å². The predicted octanol–water partition coefficient (Wildman–Crippen LogP) is 24.3. The molecule has 688 valence electrons. The number of rotatable bonds is 15. The Bertz CT molecular complexity index is 6290. The maximum atomic E-state index is 14.1. The van der Waals surface area contributed by atoms with Crippen LogP contribution in [0.25, 0.3) is 32.7 Å². The Hall–Kier alpha value is -6.13. The van der Waals surface area contributed by atoms with E-state index in [4.69, 9.17) is 25.8 Å². The van der Waals surface area contributed by atoms with Gasteiger partial charge in [-0.3, -0.25) is 43.7 Å². The number of allylic oxidation sites excluding steroid dienone is 11. The van der Waals surface area contributed by atoms with E-state index in [2.05, 4.69) is 129 Å². The fourth-order valence-corrected chi connectivity index (χ4v) is 18.3. The molecule has 0 fully saturated rings. The molecule has 9 N–H and O–H groups in total. The molecule has 0 saturated heterocycles. The first-order valence-corrected chi connectivity index (χ1v) is 70.0. The summed E-state index contributed by atoms with van der Waals surface area (Å²) < 4.78 is 14.7. The van der Waals surface area contributed by atoms with Crippen molar-refractivity contribution in [3.63, 3.8) is 0 Å². The summed E-state index contributed by atoms with van der Waals surface area (Å²) in [6, 6.07) is 22.0. The average molecular weight is 2510 g/mol. The number of nitrogens with zero attached hydrogens (tertiary/aromatic N) is 3. The average Bonchev–Trinajstić information content (AvgIpc) is 1.25. The van der Waals surface area contributed by atoms with Crippen molar-refractivity contribution in [2.75, 3.05) is 19.6 Å². The first kappa shape index (κ1) is 105. The number of fused-ring (bicyclic) bond motifs is 9. The van der Waals surface area contributed by atoms with Crippen LogP contribution in [-0.2, 0) is 57.1 Å². The van der Waals surface area contributed by atoms with Gasteiger partial charge in [0, 0.05) is 129 Å². The van der Waals surface area contributed by atoms with Gasteiger partial charge in [-0.05, 0) is 240 Å². The Kier molecular flexibility index (Phi) is 35.2. The number of aromatic hydroxyl groups is 4. The van der Waals surface area contributed by atoms with Crippen molar-refractivity contribution in [1.82, 2.24) is 15.0 Å². The van der Waals surface area contributed by atoms with Crippen molar-refractivity contribution >= 4 is 204 Å². The molecule has 6 heterocycles. The predicted molar refractivity (Wildman–Crippen MR) is 565 cm³/mol. The summed E-state index contributed by atoms with van der Waals surface area (Å²) in [4.78, 5) is 120. The SMILES string of the molecule is C.CC1=C(C(C2=NCCc3c2[nH]c2cc(C)ccc32)c2c(C)c(O)cc(C(C)C)c2O)C(=O)C(C(C)C)=CC1=O.CC1=CC(=O)C(C(C)C)=CC1(O)C(C1=NCCc2c1[nH]c1cc(C)ccc21)C1=C(C)C(=O)C=C(C(C)C)C1=O.CC1=CC(=O)C(C(C)C)=CC1(O)C(C1=NCCc2c1[nH]c1cc(C)ccc21)c1c(C)c(O)cc(C(C)C)c1O.O=O.[2H][V]([I])([I])[I].[F][V]([I])([I])[I]. The minimum absolute atomic E-state index is 0. The van der Waals surface area contributed by atoms with Crippen molar-refractivity contribution in [2.24, 2.45) is 44.6 Å². The van der Waals surface area contributed by atoms with Crippen LogP contribution < -0.4 is 0 Å². The van der Waals surface area contributed by atoms with Crippen LogP contribution in [0.3, 0.4) is 0 Å². The van der Waals surface area contributed by atoms with Gasteiger partial charge in [0.2, 0.25) is 0 Å². The standard InChI is InChI=1S/C33H38N2O4.2C33H36N2O4.CH4.FH.6HI.O2.2V.H/c2*1-16(2)23-14-26(36)20(7)28(32(23)38)29(33(39)15-24(17(3)4)27(37)13-19(33)6)31-30-22(10-11-34-31)21-9-8-18(5)12-25(21)35-30;1-15(2)22-13-25(36)18(6)27(32(22)38)29(28-19(7)26(37)14-23(16(3)4)33(28)39)31-30-21(10-11-34-31)20-9-8-17(5)12-24(20)35-30;;;;;;;;;1-2;;;/h8-9,12-17,29,35-36,38-39H,10-11H2,1-7H3;8-9,12-17,29,35,39H,10-11H2,1-7H3;8-9,12-16,29,35-36,38H,10-11H2,1-7H3;1H4;7*1H;;;;/q;;;;;;;;;;;;+3;+4;/p-7/i;;;;;;;;;;;;;;1+1. The zero-order valence-electron chi connectivity index (χ0n) is 76.6. The summed E-state index contributed by atoms with van der Waals surface area (Å²) in [5.74, 6) is -4.54. The van der Waals surface area contributed by atoms with Crippen molar-refractivity contribution in [2.45, 2.75) is 207 Å². The number of carbonyl (C=O) groups is 6. The molecule has 0 amide bonds. The van der Waals surface area contributed by atoms with E-state index >= 15 is 0 Å². The van der Waals surface area contributed by atoms with E-state index in [-0.39, 0.29) is 106 Å². The van der Waals surface area contributed by atoms with Crippen molar-refractivity contribution in [1.29, 1.82) is 0.879 Å². The zero-order valence-corrected chi connectivity index (χ0v) is 91.3. The summed E-state index contributed by atoms with van der Waals surface area (Å²) in [6.07, 6.45) is 11.3. The first-order valence-electron chi connectivity index (χ1n) is 42.9.